The number of aryl methyl sites for hydroxylation is 2. The summed E-state index contributed by atoms with van der Waals surface area (Å²) in [6.45, 7) is 8.63. The Bertz CT molecular complexity index is 495. The Balaban J connectivity index is 2.42. The minimum absolute atomic E-state index is 0.582. The molecule has 0 aliphatic heterocycles. The lowest BCUT2D eigenvalue weighted by molar-refractivity contribution is 0.854. The van der Waals surface area contributed by atoms with Crippen LogP contribution in [0.25, 0.3) is 5.69 Å². The van der Waals surface area contributed by atoms with Crippen LogP contribution in [0.4, 0.5) is 0 Å². The van der Waals surface area contributed by atoms with E-state index in [1.54, 1.807) is 0 Å². The smallest absolute Gasteiger partial charge is 0.0995 e. The summed E-state index contributed by atoms with van der Waals surface area (Å²) >= 11 is 0. The second kappa shape index (κ2) is 4.12. The molecule has 1 aromatic carbocycles. The van der Waals surface area contributed by atoms with Gasteiger partial charge in [0.25, 0.3) is 0 Å². The van der Waals surface area contributed by atoms with E-state index in [-0.39, 0.29) is 0 Å². The van der Waals surface area contributed by atoms with Crippen molar-refractivity contribution in [3.05, 3.63) is 47.5 Å². The van der Waals surface area contributed by atoms with E-state index in [0.29, 0.717) is 5.92 Å². The van der Waals surface area contributed by atoms with E-state index in [1.165, 1.54) is 16.8 Å². The molecule has 1 aromatic heterocycles. The zero-order valence-corrected chi connectivity index (χ0v) is 10.4. The average Bonchev–Trinajstić information content (AvgIpc) is 2.64. The average molecular weight is 214 g/mol. The number of imidazole rings is 1. The topological polar surface area (TPSA) is 17.8 Å². The molecule has 0 saturated heterocycles. The molecule has 0 unspecified atom stereocenters. The molecule has 2 heteroatoms. The van der Waals surface area contributed by atoms with Gasteiger partial charge in [0.2, 0.25) is 0 Å². The summed E-state index contributed by atoms with van der Waals surface area (Å²) in [5, 5.41) is 0. The Morgan fingerprint density at radius 3 is 2.44 bits per heavy atom. The number of benzene rings is 1. The highest BCUT2D eigenvalue weighted by Gasteiger charge is 2.05. The van der Waals surface area contributed by atoms with Gasteiger partial charge in [0.05, 0.1) is 12.0 Å². The quantitative estimate of drug-likeness (QED) is 0.746. The molecule has 0 aliphatic carbocycles. The first kappa shape index (κ1) is 10.9. The maximum atomic E-state index is 4.24. The lowest BCUT2D eigenvalue weighted by atomic mass is 9.98. The minimum Gasteiger partial charge on any atom is -0.306 e. The predicted octanol–water partition coefficient (Wildman–Crippen LogP) is 3.61. The standard InChI is InChI=1S/C14H18N2/c1-10(2)14-6-5-13(7-11(14)3)16-8-12(4)15-9-16/h5-10H,1-4H3. The Morgan fingerprint density at radius 1 is 1.19 bits per heavy atom. The Kier molecular flexibility index (Phi) is 2.82. The molecule has 0 fully saturated rings. The van der Waals surface area contributed by atoms with Gasteiger partial charge in [-0.3, -0.25) is 0 Å². The van der Waals surface area contributed by atoms with Crippen LogP contribution in [0.15, 0.2) is 30.7 Å². The van der Waals surface area contributed by atoms with Crippen molar-refractivity contribution in [2.75, 3.05) is 0 Å². The van der Waals surface area contributed by atoms with Crippen LogP contribution < -0.4 is 0 Å². The molecule has 2 aromatic rings. The van der Waals surface area contributed by atoms with E-state index >= 15 is 0 Å². The molecule has 2 nitrogen and oxygen atoms in total. The Hall–Kier alpha value is -1.57. The Morgan fingerprint density at radius 2 is 1.94 bits per heavy atom. The maximum absolute atomic E-state index is 4.24. The molecule has 0 atom stereocenters. The van der Waals surface area contributed by atoms with Gasteiger partial charge in [-0.1, -0.05) is 19.9 Å². The molecule has 0 bridgehead atoms. The molecule has 0 amide bonds. The van der Waals surface area contributed by atoms with E-state index < -0.39 is 0 Å². The second-order valence-electron chi connectivity index (χ2n) is 4.62. The fourth-order valence-electron chi connectivity index (χ4n) is 2.03. The van der Waals surface area contributed by atoms with Crippen LogP contribution in [0.3, 0.4) is 0 Å². The van der Waals surface area contributed by atoms with Crippen LogP contribution in [-0.2, 0) is 0 Å². The molecule has 0 saturated carbocycles. The van der Waals surface area contributed by atoms with E-state index in [1.807, 2.05) is 19.4 Å². The number of nitrogens with zero attached hydrogens (tertiary/aromatic N) is 2. The van der Waals surface area contributed by atoms with Crippen molar-refractivity contribution in [1.29, 1.82) is 0 Å². The molecule has 0 spiro atoms. The number of hydrogen-bond donors (Lipinski definition) is 0. The number of rotatable bonds is 2. The van der Waals surface area contributed by atoms with Gasteiger partial charge >= 0.3 is 0 Å². The first-order valence-electron chi connectivity index (χ1n) is 5.69. The first-order valence-corrected chi connectivity index (χ1v) is 5.69. The van der Waals surface area contributed by atoms with Crippen molar-refractivity contribution in [2.24, 2.45) is 0 Å². The fraction of sp³-hybridized carbons (Fsp3) is 0.357. The van der Waals surface area contributed by atoms with Crippen LogP contribution in [0.5, 0.6) is 0 Å². The van der Waals surface area contributed by atoms with Gasteiger partial charge in [-0.15, -0.1) is 0 Å². The molecule has 0 aliphatic rings. The molecular weight excluding hydrogens is 196 g/mol. The predicted molar refractivity (Wildman–Crippen MR) is 67.1 cm³/mol. The second-order valence-corrected chi connectivity index (χ2v) is 4.62. The van der Waals surface area contributed by atoms with Gasteiger partial charge in [-0.2, -0.15) is 0 Å². The van der Waals surface area contributed by atoms with E-state index in [0.717, 1.165) is 5.69 Å². The van der Waals surface area contributed by atoms with Crippen molar-refractivity contribution in [1.82, 2.24) is 9.55 Å². The van der Waals surface area contributed by atoms with E-state index in [9.17, 15) is 0 Å². The van der Waals surface area contributed by atoms with Crippen LogP contribution in [0.1, 0.15) is 36.6 Å². The number of aromatic nitrogens is 2. The van der Waals surface area contributed by atoms with Crippen molar-refractivity contribution in [2.45, 2.75) is 33.6 Å². The largest absolute Gasteiger partial charge is 0.306 e. The summed E-state index contributed by atoms with van der Waals surface area (Å²) in [6, 6.07) is 6.59. The summed E-state index contributed by atoms with van der Waals surface area (Å²) < 4.78 is 2.06. The van der Waals surface area contributed by atoms with E-state index in [4.69, 9.17) is 0 Å². The fourth-order valence-corrected chi connectivity index (χ4v) is 2.03. The normalized spacial score (nSPS) is 11.1. The summed E-state index contributed by atoms with van der Waals surface area (Å²) in [6.07, 6.45) is 3.91. The number of hydrogen-bond acceptors (Lipinski definition) is 1. The monoisotopic (exact) mass is 214 g/mol. The van der Waals surface area contributed by atoms with Gasteiger partial charge < -0.3 is 4.57 Å². The van der Waals surface area contributed by atoms with Crippen LogP contribution in [-0.4, -0.2) is 9.55 Å². The molecule has 2 rings (SSSR count). The van der Waals surface area contributed by atoms with Gasteiger partial charge in [-0.25, -0.2) is 4.98 Å². The maximum Gasteiger partial charge on any atom is 0.0995 e. The third-order valence-electron chi connectivity index (χ3n) is 2.89. The molecule has 0 N–H and O–H groups in total. The van der Waals surface area contributed by atoms with Crippen molar-refractivity contribution >= 4 is 0 Å². The lowest BCUT2D eigenvalue weighted by Crippen LogP contribution is -1.96. The summed E-state index contributed by atoms with van der Waals surface area (Å²) in [5.74, 6) is 0.582. The van der Waals surface area contributed by atoms with Crippen LogP contribution in [0.2, 0.25) is 0 Å². The third-order valence-corrected chi connectivity index (χ3v) is 2.89. The highest BCUT2D eigenvalue weighted by atomic mass is 15.0. The highest BCUT2D eigenvalue weighted by molar-refractivity contribution is 5.41. The van der Waals surface area contributed by atoms with Crippen LogP contribution in [0, 0.1) is 13.8 Å². The summed E-state index contributed by atoms with van der Waals surface area (Å²) in [4.78, 5) is 4.24. The van der Waals surface area contributed by atoms with Crippen LogP contribution >= 0.6 is 0 Å². The van der Waals surface area contributed by atoms with Crippen molar-refractivity contribution in [3.63, 3.8) is 0 Å². The molecule has 1 heterocycles. The summed E-state index contributed by atoms with van der Waals surface area (Å²) in [5.41, 5.74) is 4.99. The molecule has 84 valence electrons. The SMILES string of the molecule is Cc1cn(-c2ccc(C(C)C)c(C)c2)cn1. The molecule has 16 heavy (non-hydrogen) atoms. The van der Waals surface area contributed by atoms with Crippen molar-refractivity contribution in [3.8, 4) is 5.69 Å². The third kappa shape index (κ3) is 2.01. The van der Waals surface area contributed by atoms with Gasteiger partial charge in [0.15, 0.2) is 0 Å². The minimum atomic E-state index is 0.582. The lowest BCUT2D eigenvalue weighted by Gasteiger charge is -2.11. The van der Waals surface area contributed by atoms with E-state index in [2.05, 4.69) is 48.5 Å². The zero-order valence-electron chi connectivity index (χ0n) is 10.4. The highest BCUT2D eigenvalue weighted by Crippen LogP contribution is 2.21. The zero-order chi connectivity index (χ0) is 11.7. The Labute approximate surface area is 97.0 Å². The molecule has 0 radical (unpaired) electrons. The molecular formula is C14H18N2. The first-order chi connectivity index (χ1) is 7.58. The van der Waals surface area contributed by atoms with Gasteiger partial charge in [-0.05, 0) is 43.0 Å². The van der Waals surface area contributed by atoms with Gasteiger partial charge in [0.1, 0.15) is 0 Å². The van der Waals surface area contributed by atoms with Gasteiger partial charge in [0, 0.05) is 11.9 Å². The summed E-state index contributed by atoms with van der Waals surface area (Å²) in [7, 11) is 0. The van der Waals surface area contributed by atoms with Crippen molar-refractivity contribution < 1.29 is 0 Å².